The smallest absolute Gasteiger partial charge is 0.236 e. The zero-order valence-corrected chi connectivity index (χ0v) is 15.5. The molecule has 2 amide bonds. The van der Waals surface area contributed by atoms with E-state index in [1.807, 2.05) is 0 Å². The van der Waals surface area contributed by atoms with E-state index >= 15 is 0 Å². The fraction of sp³-hybridized carbons (Fsp3) is 0.889. The van der Waals surface area contributed by atoms with Gasteiger partial charge >= 0.3 is 0 Å². The average Bonchev–Trinajstić information content (AvgIpc) is 2.53. The second-order valence-corrected chi connectivity index (χ2v) is 6.31. The molecule has 0 radical (unpaired) electrons. The summed E-state index contributed by atoms with van der Waals surface area (Å²) in [7, 11) is 0. The molecule has 0 aliphatic heterocycles. The van der Waals surface area contributed by atoms with E-state index in [2.05, 4.69) is 17.6 Å². The normalized spacial score (nSPS) is 10.2. The lowest BCUT2D eigenvalue weighted by molar-refractivity contribution is -0.124. The van der Waals surface area contributed by atoms with Crippen molar-refractivity contribution in [1.29, 1.82) is 0 Å². The van der Waals surface area contributed by atoms with Crippen LogP contribution in [0, 0.1) is 0 Å². The number of unbranched alkanes of at least 4 members (excludes halogenated alkanes) is 11. The number of carbonyl (C=O) groups excluding carboxylic acids is 2. The van der Waals surface area contributed by atoms with Gasteiger partial charge in [-0.3, -0.25) is 9.59 Å². The predicted octanol–water partition coefficient (Wildman–Crippen LogP) is 2.05. The van der Waals surface area contributed by atoms with E-state index in [1.54, 1.807) is 0 Å². The van der Waals surface area contributed by atoms with Crippen molar-refractivity contribution in [2.24, 2.45) is 5.73 Å². The van der Waals surface area contributed by atoms with Gasteiger partial charge in [0.1, 0.15) is 0 Å². The minimum atomic E-state index is -0.515. The number of rotatable bonds is 17. The van der Waals surface area contributed by atoms with Crippen molar-refractivity contribution in [3.63, 3.8) is 0 Å². The molecule has 144 valence electrons. The highest BCUT2D eigenvalue weighted by Crippen LogP contribution is 2.11. The Labute approximate surface area is 147 Å². The van der Waals surface area contributed by atoms with E-state index < -0.39 is 5.91 Å². The van der Waals surface area contributed by atoms with E-state index in [9.17, 15) is 9.59 Å². The highest BCUT2D eigenvalue weighted by Gasteiger charge is 2.01. The van der Waals surface area contributed by atoms with Gasteiger partial charge in [-0.15, -0.1) is 0 Å². The lowest BCUT2D eigenvalue weighted by Gasteiger charge is -2.05. The van der Waals surface area contributed by atoms with Crippen LogP contribution < -0.4 is 16.4 Å². The first-order valence-corrected chi connectivity index (χ1v) is 9.42. The minimum absolute atomic E-state index is 0. The summed E-state index contributed by atoms with van der Waals surface area (Å²) in [6.07, 6.45) is 16.0. The SMILES string of the molecule is CCCCCCCCCCCCCCNCC(=O)NCC(N)=O.O. The molecule has 6 heteroatoms. The van der Waals surface area contributed by atoms with Crippen LogP contribution in [-0.2, 0) is 9.59 Å². The van der Waals surface area contributed by atoms with Crippen LogP contribution in [-0.4, -0.2) is 36.9 Å². The van der Waals surface area contributed by atoms with Gasteiger partial charge in [0.2, 0.25) is 11.8 Å². The Morgan fingerprint density at radius 3 is 1.67 bits per heavy atom. The molecule has 0 aliphatic rings. The minimum Gasteiger partial charge on any atom is -0.412 e. The first-order valence-electron chi connectivity index (χ1n) is 9.42. The van der Waals surface area contributed by atoms with Crippen molar-refractivity contribution < 1.29 is 15.1 Å². The molecule has 0 saturated heterocycles. The Morgan fingerprint density at radius 2 is 1.21 bits per heavy atom. The van der Waals surface area contributed by atoms with Gasteiger partial charge in [-0.2, -0.15) is 0 Å². The largest absolute Gasteiger partial charge is 0.412 e. The first-order chi connectivity index (χ1) is 11.2. The lowest BCUT2D eigenvalue weighted by atomic mass is 10.1. The fourth-order valence-electron chi connectivity index (χ4n) is 2.54. The van der Waals surface area contributed by atoms with E-state index in [-0.39, 0.29) is 24.5 Å². The summed E-state index contributed by atoms with van der Waals surface area (Å²) in [6.45, 7) is 3.28. The van der Waals surface area contributed by atoms with Crippen LogP contribution in [0.1, 0.15) is 84.0 Å². The van der Waals surface area contributed by atoms with Crippen molar-refractivity contribution >= 4 is 11.8 Å². The number of amides is 2. The molecule has 0 rings (SSSR count). The Balaban J connectivity index is 0. The van der Waals surface area contributed by atoms with Crippen LogP contribution in [0.2, 0.25) is 0 Å². The number of primary amides is 1. The molecule has 0 aromatic rings. The van der Waals surface area contributed by atoms with Gasteiger partial charge < -0.3 is 21.8 Å². The molecule has 6 N–H and O–H groups in total. The third-order valence-electron chi connectivity index (χ3n) is 3.95. The summed E-state index contributed by atoms with van der Waals surface area (Å²) in [5.41, 5.74) is 4.95. The summed E-state index contributed by atoms with van der Waals surface area (Å²) in [4.78, 5) is 21.8. The molecule has 0 aromatic heterocycles. The van der Waals surface area contributed by atoms with Gasteiger partial charge in [0, 0.05) is 0 Å². The predicted molar refractivity (Wildman–Crippen MR) is 99.8 cm³/mol. The standard InChI is InChI=1S/C18H37N3O2.H2O/c1-2-3-4-5-6-7-8-9-10-11-12-13-14-20-16-18(23)21-15-17(19)22;/h20H,2-16H2,1H3,(H2,19,22)(H,21,23);1H2. The maximum absolute atomic E-state index is 11.3. The van der Waals surface area contributed by atoms with Crippen LogP contribution in [0.4, 0.5) is 0 Å². The fourth-order valence-corrected chi connectivity index (χ4v) is 2.54. The summed E-state index contributed by atoms with van der Waals surface area (Å²) in [5.74, 6) is -0.693. The van der Waals surface area contributed by atoms with Gasteiger partial charge in [0.25, 0.3) is 0 Å². The first kappa shape index (κ1) is 25.1. The molecule has 0 unspecified atom stereocenters. The highest BCUT2D eigenvalue weighted by atomic mass is 16.2. The van der Waals surface area contributed by atoms with Crippen molar-refractivity contribution in [2.75, 3.05) is 19.6 Å². The molecule has 0 fully saturated rings. The van der Waals surface area contributed by atoms with Gasteiger partial charge in [0.15, 0.2) is 0 Å². The van der Waals surface area contributed by atoms with Crippen LogP contribution in [0.3, 0.4) is 0 Å². The molecular formula is C18H39N3O3. The molecule has 0 heterocycles. The number of carbonyl (C=O) groups is 2. The molecule has 6 nitrogen and oxygen atoms in total. The Hall–Kier alpha value is -1.14. The van der Waals surface area contributed by atoms with Gasteiger partial charge in [-0.05, 0) is 13.0 Å². The summed E-state index contributed by atoms with van der Waals surface area (Å²) in [6, 6.07) is 0. The molecule has 24 heavy (non-hydrogen) atoms. The number of nitrogens with one attached hydrogen (secondary N) is 2. The maximum atomic E-state index is 11.3. The Kier molecular flexibility index (Phi) is 20.8. The molecule has 0 saturated carbocycles. The molecule has 0 bridgehead atoms. The van der Waals surface area contributed by atoms with Gasteiger partial charge in [-0.25, -0.2) is 0 Å². The van der Waals surface area contributed by atoms with Gasteiger partial charge in [0.05, 0.1) is 13.1 Å². The number of hydrogen-bond acceptors (Lipinski definition) is 3. The van der Waals surface area contributed by atoms with Crippen LogP contribution >= 0.6 is 0 Å². The van der Waals surface area contributed by atoms with Crippen LogP contribution in [0.15, 0.2) is 0 Å². The third-order valence-corrected chi connectivity index (χ3v) is 3.95. The van der Waals surface area contributed by atoms with Crippen LogP contribution in [0.5, 0.6) is 0 Å². The summed E-state index contributed by atoms with van der Waals surface area (Å²) < 4.78 is 0. The van der Waals surface area contributed by atoms with E-state index in [0.717, 1.165) is 13.0 Å². The van der Waals surface area contributed by atoms with Crippen molar-refractivity contribution in [3.8, 4) is 0 Å². The maximum Gasteiger partial charge on any atom is 0.236 e. The van der Waals surface area contributed by atoms with Crippen molar-refractivity contribution in [3.05, 3.63) is 0 Å². The molecule has 0 aliphatic carbocycles. The number of hydrogen-bond donors (Lipinski definition) is 3. The Bertz CT molecular complexity index is 299. The summed E-state index contributed by atoms with van der Waals surface area (Å²) in [5, 5.41) is 5.53. The van der Waals surface area contributed by atoms with E-state index in [4.69, 9.17) is 5.73 Å². The second kappa shape index (κ2) is 19.9. The third kappa shape index (κ3) is 20.9. The number of nitrogens with two attached hydrogens (primary N) is 1. The quantitative estimate of drug-likeness (QED) is 0.350. The summed E-state index contributed by atoms with van der Waals surface area (Å²) >= 11 is 0. The lowest BCUT2D eigenvalue weighted by Crippen LogP contribution is -2.39. The van der Waals surface area contributed by atoms with Crippen molar-refractivity contribution in [1.82, 2.24) is 10.6 Å². The van der Waals surface area contributed by atoms with Crippen molar-refractivity contribution in [2.45, 2.75) is 84.0 Å². The highest BCUT2D eigenvalue weighted by molar-refractivity contribution is 5.84. The molecule has 0 aromatic carbocycles. The topological polar surface area (TPSA) is 116 Å². The second-order valence-electron chi connectivity index (χ2n) is 6.31. The zero-order chi connectivity index (χ0) is 17.2. The monoisotopic (exact) mass is 345 g/mol. The van der Waals surface area contributed by atoms with E-state index in [1.165, 1.54) is 70.6 Å². The zero-order valence-electron chi connectivity index (χ0n) is 15.5. The van der Waals surface area contributed by atoms with Crippen LogP contribution in [0.25, 0.3) is 0 Å². The average molecular weight is 346 g/mol. The Morgan fingerprint density at radius 1 is 0.750 bits per heavy atom. The van der Waals surface area contributed by atoms with Gasteiger partial charge in [-0.1, -0.05) is 77.6 Å². The molecule has 0 spiro atoms. The van der Waals surface area contributed by atoms with E-state index in [0.29, 0.717) is 0 Å². The molecule has 0 atom stereocenters. The molecular weight excluding hydrogens is 306 g/mol.